The zero-order valence-corrected chi connectivity index (χ0v) is 10.9. The zero-order valence-electron chi connectivity index (χ0n) is 10.9. The molecule has 0 bridgehead atoms. The molecule has 18 heavy (non-hydrogen) atoms. The lowest BCUT2D eigenvalue weighted by molar-refractivity contribution is 0.500. The third-order valence-electron chi connectivity index (χ3n) is 4.28. The SMILES string of the molecule is NC1CCN(c2cnc(C3CCCC3)nc2)CC1. The topological polar surface area (TPSA) is 55.0 Å². The molecule has 1 aliphatic carbocycles. The Hall–Kier alpha value is -1.16. The van der Waals surface area contributed by atoms with Gasteiger partial charge in [0, 0.05) is 25.0 Å². The molecule has 4 heteroatoms. The molecule has 0 atom stereocenters. The predicted molar refractivity (Wildman–Crippen MR) is 72.7 cm³/mol. The summed E-state index contributed by atoms with van der Waals surface area (Å²) in [5.41, 5.74) is 7.08. The van der Waals surface area contributed by atoms with Crippen molar-refractivity contribution in [3.63, 3.8) is 0 Å². The standard InChI is InChI=1S/C14H22N4/c15-12-5-7-18(8-6-12)13-9-16-14(17-10-13)11-3-1-2-4-11/h9-12H,1-8,15H2. The number of anilines is 1. The molecule has 1 saturated carbocycles. The van der Waals surface area contributed by atoms with Gasteiger partial charge in [-0.15, -0.1) is 0 Å². The van der Waals surface area contributed by atoms with Crippen LogP contribution >= 0.6 is 0 Å². The first kappa shape index (κ1) is 11.9. The van der Waals surface area contributed by atoms with E-state index in [4.69, 9.17) is 5.73 Å². The second-order valence-corrected chi connectivity index (χ2v) is 5.61. The molecule has 1 saturated heterocycles. The van der Waals surface area contributed by atoms with E-state index in [0.717, 1.165) is 37.4 Å². The van der Waals surface area contributed by atoms with Crippen molar-refractivity contribution in [2.45, 2.75) is 50.5 Å². The summed E-state index contributed by atoms with van der Waals surface area (Å²) >= 11 is 0. The largest absolute Gasteiger partial charge is 0.369 e. The third-order valence-corrected chi connectivity index (χ3v) is 4.28. The number of aromatic nitrogens is 2. The van der Waals surface area contributed by atoms with Crippen molar-refractivity contribution in [1.29, 1.82) is 0 Å². The molecule has 0 unspecified atom stereocenters. The first-order chi connectivity index (χ1) is 8.83. The molecule has 2 N–H and O–H groups in total. The van der Waals surface area contributed by atoms with Gasteiger partial charge in [0.15, 0.2) is 0 Å². The van der Waals surface area contributed by atoms with Crippen LogP contribution in [0.1, 0.15) is 50.3 Å². The van der Waals surface area contributed by atoms with Crippen molar-refractivity contribution in [3.8, 4) is 0 Å². The van der Waals surface area contributed by atoms with Gasteiger partial charge in [-0.3, -0.25) is 0 Å². The lowest BCUT2D eigenvalue weighted by Crippen LogP contribution is -2.39. The van der Waals surface area contributed by atoms with E-state index in [1.165, 1.54) is 25.7 Å². The molecule has 3 rings (SSSR count). The summed E-state index contributed by atoms with van der Waals surface area (Å²) in [6.07, 6.45) is 11.3. The van der Waals surface area contributed by atoms with Crippen LogP contribution in [-0.2, 0) is 0 Å². The Labute approximate surface area is 109 Å². The van der Waals surface area contributed by atoms with Gasteiger partial charge in [-0.05, 0) is 25.7 Å². The molecule has 1 aliphatic heterocycles. The minimum atomic E-state index is 0.375. The van der Waals surface area contributed by atoms with Crippen molar-refractivity contribution in [3.05, 3.63) is 18.2 Å². The number of hydrogen-bond acceptors (Lipinski definition) is 4. The second kappa shape index (κ2) is 5.22. The highest BCUT2D eigenvalue weighted by molar-refractivity contribution is 5.42. The van der Waals surface area contributed by atoms with Crippen LogP contribution < -0.4 is 10.6 Å². The summed E-state index contributed by atoms with van der Waals surface area (Å²) in [6.45, 7) is 2.07. The molecule has 2 fully saturated rings. The molecule has 0 aromatic carbocycles. The molecular formula is C14H22N4. The van der Waals surface area contributed by atoms with Crippen LogP contribution in [-0.4, -0.2) is 29.1 Å². The van der Waals surface area contributed by atoms with Crippen LogP contribution in [0.4, 0.5) is 5.69 Å². The monoisotopic (exact) mass is 246 g/mol. The van der Waals surface area contributed by atoms with Crippen molar-refractivity contribution in [2.24, 2.45) is 5.73 Å². The Morgan fingerprint density at radius 1 is 1.00 bits per heavy atom. The molecule has 2 aliphatic rings. The Kier molecular flexibility index (Phi) is 3.46. The molecule has 1 aromatic heterocycles. The first-order valence-electron chi connectivity index (χ1n) is 7.15. The normalized spacial score (nSPS) is 22.6. The molecule has 0 radical (unpaired) electrons. The van der Waals surface area contributed by atoms with Gasteiger partial charge in [-0.1, -0.05) is 12.8 Å². The van der Waals surface area contributed by atoms with Gasteiger partial charge in [-0.2, -0.15) is 0 Å². The van der Waals surface area contributed by atoms with Gasteiger partial charge in [0.1, 0.15) is 5.82 Å². The average molecular weight is 246 g/mol. The highest BCUT2D eigenvalue weighted by Gasteiger charge is 2.21. The molecule has 0 spiro atoms. The van der Waals surface area contributed by atoms with E-state index < -0.39 is 0 Å². The zero-order chi connectivity index (χ0) is 12.4. The third kappa shape index (κ3) is 2.48. The average Bonchev–Trinajstić information content (AvgIpc) is 2.94. The Balaban J connectivity index is 1.67. The van der Waals surface area contributed by atoms with Crippen LogP contribution in [0, 0.1) is 0 Å². The number of nitrogens with two attached hydrogens (primary N) is 1. The summed E-state index contributed by atoms with van der Waals surface area (Å²) in [7, 11) is 0. The fourth-order valence-corrected chi connectivity index (χ4v) is 3.05. The molecule has 4 nitrogen and oxygen atoms in total. The van der Waals surface area contributed by atoms with E-state index in [1.54, 1.807) is 0 Å². The Bertz CT molecular complexity index is 375. The number of nitrogens with zero attached hydrogens (tertiary/aromatic N) is 3. The maximum Gasteiger partial charge on any atom is 0.131 e. The lowest BCUT2D eigenvalue weighted by Gasteiger charge is -2.31. The molecule has 1 aromatic rings. The molecule has 0 amide bonds. The smallest absolute Gasteiger partial charge is 0.131 e. The van der Waals surface area contributed by atoms with Gasteiger partial charge in [-0.25, -0.2) is 9.97 Å². The minimum Gasteiger partial charge on any atom is -0.369 e. The fourth-order valence-electron chi connectivity index (χ4n) is 3.05. The van der Waals surface area contributed by atoms with Gasteiger partial charge in [0.2, 0.25) is 0 Å². The van der Waals surface area contributed by atoms with Crippen LogP contribution in [0.3, 0.4) is 0 Å². The van der Waals surface area contributed by atoms with Gasteiger partial charge >= 0.3 is 0 Å². The van der Waals surface area contributed by atoms with Gasteiger partial charge < -0.3 is 10.6 Å². The number of piperidine rings is 1. The first-order valence-corrected chi connectivity index (χ1v) is 7.15. The molecular weight excluding hydrogens is 224 g/mol. The Morgan fingerprint density at radius 3 is 2.22 bits per heavy atom. The number of hydrogen-bond donors (Lipinski definition) is 1. The predicted octanol–water partition coefficient (Wildman–Crippen LogP) is 2.06. The van der Waals surface area contributed by atoms with Gasteiger partial charge in [0.05, 0.1) is 18.1 Å². The van der Waals surface area contributed by atoms with Crippen LogP contribution in [0.25, 0.3) is 0 Å². The summed E-state index contributed by atoms with van der Waals surface area (Å²) < 4.78 is 0. The highest BCUT2D eigenvalue weighted by Crippen LogP contribution is 2.32. The summed E-state index contributed by atoms with van der Waals surface area (Å²) in [4.78, 5) is 11.5. The van der Waals surface area contributed by atoms with Crippen LogP contribution in [0.15, 0.2) is 12.4 Å². The van der Waals surface area contributed by atoms with E-state index in [9.17, 15) is 0 Å². The van der Waals surface area contributed by atoms with E-state index in [0.29, 0.717) is 12.0 Å². The quantitative estimate of drug-likeness (QED) is 0.868. The van der Waals surface area contributed by atoms with E-state index in [-0.39, 0.29) is 0 Å². The van der Waals surface area contributed by atoms with Crippen LogP contribution in [0.2, 0.25) is 0 Å². The van der Waals surface area contributed by atoms with Gasteiger partial charge in [0.25, 0.3) is 0 Å². The van der Waals surface area contributed by atoms with E-state index in [2.05, 4.69) is 14.9 Å². The maximum absolute atomic E-state index is 5.92. The molecule has 98 valence electrons. The van der Waals surface area contributed by atoms with Crippen LogP contribution in [0.5, 0.6) is 0 Å². The van der Waals surface area contributed by atoms with Crippen molar-refractivity contribution in [1.82, 2.24) is 9.97 Å². The lowest BCUT2D eigenvalue weighted by atomic mass is 10.1. The van der Waals surface area contributed by atoms with Crippen molar-refractivity contribution < 1.29 is 0 Å². The number of rotatable bonds is 2. The second-order valence-electron chi connectivity index (χ2n) is 5.61. The summed E-state index contributed by atoms with van der Waals surface area (Å²) in [5.74, 6) is 1.65. The summed E-state index contributed by atoms with van der Waals surface area (Å²) in [5, 5.41) is 0. The van der Waals surface area contributed by atoms with Crippen molar-refractivity contribution in [2.75, 3.05) is 18.0 Å². The van der Waals surface area contributed by atoms with E-state index in [1.807, 2.05) is 12.4 Å². The highest BCUT2D eigenvalue weighted by atomic mass is 15.2. The van der Waals surface area contributed by atoms with E-state index >= 15 is 0 Å². The maximum atomic E-state index is 5.92. The Morgan fingerprint density at radius 2 is 1.61 bits per heavy atom. The molecule has 2 heterocycles. The van der Waals surface area contributed by atoms with Crippen molar-refractivity contribution >= 4 is 5.69 Å². The minimum absolute atomic E-state index is 0.375. The fraction of sp³-hybridized carbons (Fsp3) is 0.714. The summed E-state index contributed by atoms with van der Waals surface area (Å²) in [6, 6.07) is 0.375.